The van der Waals surface area contributed by atoms with E-state index in [1.807, 2.05) is 35.9 Å². The third kappa shape index (κ3) is 5.17. The number of benzene rings is 1. The van der Waals surface area contributed by atoms with E-state index in [4.69, 9.17) is 4.74 Å². The lowest BCUT2D eigenvalue weighted by Gasteiger charge is -2.13. The van der Waals surface area contributed by atoms with Gasteiger partial charge in [0.05, 0.1) is 12.6 Å². The summed E-state index contributed by atoms with van der Waals surface area (Å²) in [5.74, 6) is 0.480. The quantitative estimate of drug-likeness (QED) is 0.590. The van der Waals surface area contributed by atoms with Crippen LogP contribution in [0.15, 0.2) is 48.9 Å². The molecule has 1 saturated heterocycles. The third-order valence-electron chi connectivity index (χ3n) is 5.53. The van der Waals surface area contributed by atoms with Crippen molar-refractivity contribution >= 4 is 17.5 Å². The van der Waals surface area contributed by atoms with Crippen molar-refractivity contribution in [3.05, 3.63) is 71.6 Å². The van der Waals surface area contributed by atoms with Gasteiger partial charge in [0.2, 0.25) is 0 Å². The van der Waals surface area contributed by atoms with Crippen molar-refractivity contribution in [2.45, 2.75) is 31.7 Å². The Bertz CT molecular complexity index is 1110. The average molecular weight is 435 g/mol. The van der Waals surface area contributed by atoms with Gasteiger partial charge in [-0.05, 0) is 42.2 Å². The van der Waals surface area contributed by atoms with Crippen LogP contribution in [0.2, 0.25) is 0 Å². The minimum Gasteiger partial charge on any atom is -0.379 e. The van der Waals surface area contributed by atoms with Gasteiger partial charge in [0.25, 0.3) is 11.8 Å². The molecule has 1 unspecified atom stereocenters. The lowest BCUT2D eigenvalue weighted by Crippen LogP contribution is -2.35. The molecule has 0 aliphatic carbocycles. The number of carbonyl (C=O) groups excluding carboxylic acids is 2. The maximum atomic E-state index is 12.8. The van der Waals surface area contributed by atoms with E-state index >= 15 is 0 Å². The third-order valence-corrected chi connectivity index (χ3v) is 5.53. The highest BCUT2D eigenvalue weighted by molar-refractivity contribution is 6.04. The summed E-state index contributed by atoms with van der Waals surface area (Å²) >= 11 is 0. The minimum atomic E-state index is -0.373. The highest BCUT2D eigenvalue weighted by Crippen LogP contribution is 2.22. The lowest BCUT2D eigenvalue weighted by atomic mass is 9.97. The molecule has 9 nitrogen and oxygen atoms in total. The SMILES string of the molecule is C[C@H](Cc1nncn1C)c1cccc(NC(=O)c2cc(C(=O)NC3CCOC3)ccn2)c1. The standard InChI is InChI=1S/C23H26N6O3/c1-15(10-21-28-25-14-29(21)2)16-4-3-5-18(11-16)26-23(31)20-12-17(6-8-24-20)22(30)27-19-7-9-32-13-19/h3-6,8,11-12,14-15,19H,7,9-10,13H2,1-2H3,(H,26,31)(H,27,30)/t15-,19?/m1/s1. The Labute approximate surface area is 186 Å². The Morgan fingerprint density at radius 2 is 2.12 bits per heavy atom. The minimum absolute atomic E-state index is 0.000725. The molecule has 0 saturated carbocycles. The Balaban J connectivity index is 1.42. The van der Waals surface area contributed by atoms with E-state index in [-0.39, 0.29) is 29.5 Å². The van der Waals surface area contributed by atoms with Crippen LogP contribution in [-0.2, 0) is 18.2 Å². The van der Waals surface area contributed by atoms with E-state index in [9.17, 15) is 9.59 Å². The topological polar surface area (TPSA) is 111 Å². The molecule has 2 aromatic heterocycles. The molecule has 1 aliphatic heterocycles. The smallest absolute Gasteiger partial charge is 0.274 e. The number of amides is 2. The van der Waals surface area contributed by atoms with Crippen molar-refractivity contribution in [1.29, 1.82) is 0 Å². The first kappa shape index (κ1) is 21.6. The first-order valence-corrected chi connectivity index (χ1v) is 10.6. The summed E-state index contributed by atoms with van der Waals surface area (Å²) < 4.78 is 7.18. The molecule has 4 rings (SSSR count). The van der Waals surface area contributed by atoms with Gasteiger partial charge >= 0.3 is 0 Å². The molecular weight excluding hydrogens is 408 g/mol. The van der Waals surface area contributed by atoms with E-state index in [2.05, 4.69) is 32.7 Å². The molecule has 32 heavy (non-hydrogen) atoms. The Hall–Kier alpha value is -3.59. The maximum Gasteiger partial charge on any atom is 0.274 e. The predicted octanol–water partition coefficient (Wildman–Crippen LogP) is 2.33. The van der Waals surface area contributed by atoms with Crippen LogP contribution >= 0.6 is 0 Å². The Morgan fingerprint density at radius 3 is 2.88 bits per heavy atom. The van der Waals surface area contributed by atoms with Gasteiger partial charge in [0.1, 0.15) is 17.8 Å². The van der Waals surface area contributed by atoms with Crippen molar-refractivity contribution in [1.82, 2.24) is 25.1 Å². The monoisotopic (exact) mass is 434 g/mol. The second kappa shape index (κ2) is 9.69. The molecule has 166 valence electrons. The molecule has 1 aliphatic rings. The van der Waals surface area contributed by atoms with Crippen LogP contribution in [0.5, 0.6) is 0 Å². The number of pyridine rings is 1. The summed E-state index contributed by atoms with van der Waals surface area (Å²) in [5, 5.41) is 13.9. The fourth-order valence-electron chi connectivity index (χ4n) is 3.61. The normalized spacial score (nSPS) is 16.5. The maximum absolute atomic E-state index is 12.8. The first-order chi connectivity index (χ1) is 15.5. The van der Waals surface area contributed by atoms with Crippen LogP contribution in [0.4, 0.5) is 5.69 Å². The first-order valence-electron chi connectivity index (χ1n) is 10.6. The molecule has 0 bridgehead atoms. The molecule has 3 heterocycles. The summed E-state index contributed by atoms with van der Waals surface area (Å²) in [7, 11) is 1.92. The molecule has 2 atom stereocenters. The summed E-state index contributed by atoms with van der Waals surface area (Å²) in [4.78, 5) is 29.4. The van der Waals surface area contributed by atoms with Gasteiger partial charge in [0.15, 0.2) is 0 Å². The number of anilines is 1. The zero-order chi connectivity index (χ0) is 22.5. The number of aromatic nitrogens is 4. The fourth-order valence-corrected chi connectivity index (χ4v) is 3.61. The van der Waals surface area contributed by atoms with E-state index in [1.165, 1.54) is 12.3 Å². The second-order valence-electron chi connectivity index (χ2n) is 8.01. The number of carbonyl (C=O) groups is 2. The number of hydrogen-bond acceptors (Lipinski definition) is 6. The number of hydrogen-bond donors (Lipinski definition) is 2. The van der Waals surface area contributed by atoms with Crippen LogP contribution < -0.4 is 10.6 Å². The van der Waals surface area contributed by atoms with Gasteiger partial charge in [-0.1, -0.05) is 19.1 Å². The van der Waals surface area contributed by atoms with Gasteiger partial charge in [0, 0.05) is 37.5 Å². The average Bonchev–Trinajstić information content (AvgIpc) is 3.46. The largest absolute Gasteiger partial charge is 0.379 e. The predicted molar refractivity (Wildman–Crippen MR) is 118 cm³/mol. The van der Waals surface area contributed by atoms with Crippen molar-refractivity contribution in [3.8, 4) is 0 Å². The zero-order valence-electron chi connectivity index (χ0n) is 18.1. The van der Waals surface area contributed by atoms with Crippen LogP contribution in [0, 0.1) is 0 Å². The summed E-state index contributed by atoms with van der Waals surface area (Å²) in [5.41, 5.74) is 2.31. The molecule has 1 fully saturated rings. The van der Waals surface area contributed by atoms with Gasteiger partial charge in [-0.3, -0.25) is 14.6 Å². The van der Waals surface area contributed by atoms with Crippen LogP contribution in [-0.4, -0.2) is 50.8 Å². The van der Waals surface area contributed by atoms with Crippen molar-refractivity contribution in [2.24, 2.45) is 7.05 Å². The molecule has 3 aromatic rings. The van der Waals surface area contributed by atoms with Gasteiger partial charge < -0.3 is 19.9 Å². The van der Waals surface area contributed by atoms with Crippen LogP contribution in [0.25, 0.3) is 0 Å². The van der Waals surface area contributed by atoms with Gasteiger partial charge in [-0.25, -0.2) is 0 Å². The van der Waals surface area contributed by atoms with E-state index in [0.29, 0.717) is 24.5 Å². The fraction of sp³-hybridized carbons (Fsp3) is 0.348. The summed E-state index contributed by atoms with van der Waals surface area (Å²) in [6, 6.07) is 10.8. The van der Waals surface area contributed by atoms with Crippen molar-refractivity contribution in [3.63, 3.8) is 0 Å². The molecular formula is C23H26N6O3. The number of nitrogens with zero attached hydrogens (tertiary/aromatic N) is 4. The summed E-state index contributed by atoms with van der Waals surface area (Å²) in [6.07, 6.45) is 4.67. The molecule has 0 spiro atoms. The van der Waals surface area contributed by atoms with Gasteiger partial charge in [-0.15, -0.1) is 10.2 Å². The number of ether oxygens (including phenoxy) is 1. The molecule has 0 radical (unpaired) electrons. The number of nitrogens with one attached hydrogen (secondary N) is 2. The van der Waals surface area contributed by atoms with E-state index in [1.54, 1.807) is 12.4 Å². The zero-order valence-corrected chi connectivity index (χ0v) is 18.1. The Kier molecular flexibility index (Phi) is 6.55. The summed E-state index contributed by atoms with van der Waals surface area (Å²) in [6.45, 7) is 3.26. The number of aryl methyl sites for hydroxylation is 1. The van der Waals surface area contributed by atoms with Crippen LogP contribution in [0.3, 0.4) is 0 Å². The van der Waals surface area contributed by atoms with Gasteiger partial charge in [-0.2, -0.15) is 0 Å². The lowest BCUT2D eigenvalue weighted by molar-refractivity contribution is 0.0930. The molecule has 2 N–H and O–H groups in total. The van der Waals surface area contributed by atoms with Crippen molar-refractivity contribution < 1.29 is 14.3 Å². The van der Waals surface area contributed by atoms with E-state index in [0.717, 1.165) is 24.2 Å². The Morgan fingerprint density at radius 1 is 1.25 bits per heavy atom. The second-order valence-corrected chi connectivity index (χ2v) is 8.01. The highest BCUT2D eigenvalue weighted by Gasteiger charge is 2.20. The molecule has 2 amide bonds. The van der Waals surface area contributed by atoms with E-state index < -0.39 is 0 Å². The molecule has 1 aromatic carbocycles. The van der Waals surface area contributed by atoms with Crippen molar-refractivity contribution in [2.75, 3.05) is 18.5 Å². The van der Waals surface area contributed by atoms with Crippen LogP contribution in [0.1, 0.15) is 51.5 Å². The highest BCUT2D eigenvalue weighted by atomic mass is 16.5. The number of rotatable bonds is 7. The molecule has 9 heteroatoms.